The zero-order chi connectivity index (χ0) is 7.73. The van der Waals surface area contributed by atoms with Gasteiger partial charge in [0.1, 0.15) is 6.29 Å². The van der Waals surface area contributed by atoms with E-state index in [1.807, 2.05) is 0 Å². The second-order valence-electron chi connectivity index (χ2n) is 3.89. The molecule has 1 unspecified atom stereocenters. The van der Waals surface area contributed by atoms with E-state index in [-0.39, 0.29) is 0 Å². The first-order chi connectivity index (χ1) is 5.37. The number of aldehydes is 1. The number of rotatable bonds is 1. The van der Waals surface area contributed by atoms with Gasteiger partial charge in [0.25, 0.3) is 0 Å². The highest BCUT2D eigenvalue weighted by Gasteiger charge is 2.46. The van der Waals surface area contributed by atoms with Gasteiger partial charge in [0.15, 0.2) is 0 Å². The smallest absolute Gasteiger partial charge is 0.123 e. The Balaban J connectivity index is 2.02. The van der Waals surface area contributed by atoms with Gasteiger partial charge in [-0.25, -0.2) is 0 Å². The van der Waals surface area contributed by atoms with Crippen molar-refractivity contribution in [1.29, 1.82) is 0 Å². The molecule has 2 fully saturated rings. The first-order valence-corrected chi connectivity index (χ1v) is 4.53. The predicted molar refractivity (Wildman–Crippen MR) is 43.3 cm³/mol. The summed E-state index contributed by atoms with van der Waals surface area (Å²) in [6, 6.07) is 0. The fourth-order valence-corrected chi connectivity index (χ4v) is 2.48. The minimum Gasteiger partial charge on any atom is -0.317 e. The summed E-state index contributed by atoms with van der Waals surface area (Å²) in [5.41, 5.74) is 0.438. The Morgan fingerprint density at radius 3 is 2.45 bits per heavy atom. The third kappa shape index (κ3) is 1.00. The maximum atomic E-state index is 10.6. The molecule has 11 heavy (non-hydrogen) atoms. The third-order valence-electron chi connectivity index (χ3n) is 3.50. The molecule has 1 aliphatic carbocycles. The van der Waals surface area contributed by atoms with Crippen molar-refractivity contribution in [1.82, 2.24) is 5.32 Å². The highest BCUT2D eigenvalue weighted by atomic mass is 16.1. The molecule has 1 N–H and O–H groups in total. The lowest BCUT2D eigenvalue weighted by atomic mass is 9.56. The minimum atomic E-state index is 0.393. The van der Waals surface area contributed by atoms with Crippen LogP contribution in [0.5, 0.6) is 0 Å². The van der Waals surface area contributed by atoms with E-state index in [4.69, 9.17) is 0 Å². The molecule has 2 nitrogen and oxygen atoms in total. The first-order valence-electron chi connectivity index (χ1n) is 4.53. The summed E-state index contributed by atoms with van der Waals surface area (Å²) in [4.78, 5) is 10.6. The largest absolute Gasteiger partial charge is 0.317 e. The van der Waals surface area contributed by atoms with Gasteiger partial charge in [-0.1, -0.05) is 0 Å². The Labute approximate surface area is 67.4 Å². The van der Waals surface area contributed by atoms with Crippen LogP contribution >= 0.6 is 0 Å². The Morgan fingerprint density at radius 1 is 1.27 bits per heavy atom. The summed E-state index contributed by atoms with van der Waals surface area (Å²) in [5.74, 6) is 0.393. The standard InChI is InChI=1S/C9H15NO/c11-7-8-1-2-9(8)3-5-10-6-4-9/h7-8,10H,1-6H2. The van der Waals surface area contributed by atoms with Crippen molar-refractivity contribution in [2.45, 2.75) is 25.7 Å². The summed E-state index contributed by atoms with van der Waals surface area (Å²) >= 11 is 0. The molecule has 0 aromatic heterocycles. The van der Waals surface area contributed by atoms with Gasteiger partial charge >= 0.3 is 0 Å². The van der Waals surface area contributed by atoms with Crippen molar-refractivity contribution in [2.75, 3.05) is 13.1 Å². The van der Waals surface area contributed by atoms with Crippen LogP contribution in [0.3, 0.4) is 0 Å². The average molecular weight is 153 g/mol. The molecule has 1 saturated carbocycles. The fraction of sp³-hybridized carbons (Fsp3) is 0.889. The Hall–Kier alpha value is -0.370. The molecule has 0 aromatic carbocycles. The maximum absolute atomic E-state index is 10.6. The molecule has 1 atom stereocenters. The van der Waals surface area contributed by atoms with E-state index in [2.05, 4.69) is 5.32 Å². The van der Waals surface area contributed by atoms with Gasteiger partial charge in [-0.05, 0) is 44.2 Å². The van der Waals surface area contributed by atoms with Gasteiger partial charge in [-0.3, -0.25) is 0 Å². The molecular formula is C9H15NO. The first kappa shape index (κ1) is 7.29. The molecule has 0 aromatic rings. The van der Waals surface area contributed by atoms with E-state index < -0.39 is 0 Å². The van der Waals surface area contributed by atoms with E-state index in [1.165, 1.54) is 25.5 Å². The van der Waals surface area contributed by atoms with Crippen molar-refractivity contribution in [2.24, 2.45) is 11.3 Å². The second kappa shape index (κ2) is 2.59. The van der Waals surface area contributed by atoms with E-state index in [1.54, 1.807) is 0 Å². The van der Waals surface area contributed by atoms with Crippen LogP contribution in [0.4, 0.5) is 0 Å². The number of carbonyl (C=O) groups excluding carboxylic acids is 1. The Bertz CT molecular complexity index is 161. The zero-order valence-electron chi connectivity index (χ0n) is 6.81. The highest BCUT2D eigenvalue weighted by Crippen LogP contribution is 2.51. The van der Waals surface area contributed by atoms with Crippen molar-refractivity contribution in [3.8, 4) is 0 Å². The molecule has 1 spiro atoms. The van der Waals surface area contributed by atoms with Crippen LogP contribution in [-0.2, 0) is 4.79 Å². The Morgan fingerprint density at radius 2 is 2.00 bits per heavy atom. The van der Waals surface area contributed by atoms with Crippen LogP contribution in [0, 0.1) is 11.3 Å². The molecule has 62 valence electrons. The van der Waals surface area contributed by atoms with Crippen LogP contribution in [0.2, 0.25) is 0 Å². The van der Waals surface area contributed by atoms with E-state index in [9.17, 15) is 4.79 Å². The molecular weight excluding hydrogens is 138 g/mol. The summed E-state index contributed by atoms with van der Waals surface area (Å²) < 4.78 is 0. The maximum Gasteiger partial charge on any atom is 0.123 e. The third-order valence-corrected chi connectivity index (χ3v) is 3.50. The minimum absolute atomic E-state index is 0.393. The second-order valence-corrected chi connectivity index (χ2v) is 3.89. The average Bonchev–Trinajstić information content (AvgIpc) is 2.05. The van der Waals surface area contributed by atoms with Crippen LogP contribution in [0.15, 0.2) is 0 Å². The van der Waals surface area contributed by atoms with Gasteiger partial charge in [0.05, 0.1) is 0 Å². The van der Waals surface area contributed by atoms with Crippen molar-refractivity contribution in [3.63, 3.8) is 0 Å². The molecule has 1 heterocycles. The Kier molecular flexibility index (Phi) is 1.72. The van der Waals surface area contributed by atoms with Crippen molar-refractivity contribution < 1.29 is 4.79 Å². The molecule has 1 saturated heterocycles. The van der Waals surface area contributed by atoms with Crippen LogP contribution in [0.25, 0.3) is 0 Å². The van der Waals surface area contributed by atoms with Gasteiger partial charge in [-0.2, -0.15) is 0 Å². The number of hydrogen-bond acceptors (Lipinski definition) is 2. The molecule has 2 aliphatic rings. The van der Waals surface area contributed by atoms with Gasteiger partial charge in [-0.15, -0.1) is 0 Å². The molecule has 2 rings (SSSR count). The van der Waals surface area contributed by atoms with Gasteiger partial charge in [0, 0.05) is 5.92 Å². The summed E-state index contributed by atoms with van der Waals surface area (Å²) in [7, 11) is 0. The lowest BCUT2D eigenvalue weighted by Crippen LogP contribution is -2.48. The van der Waals surface area contributed by atoms with Crippen molar-refractivity contribution in [3.05, 3.63) is 0 Å². The van der Waals surface area contributed by atoms with Crippen LogP contribution < -0.4 is 5.32 Å². The SMILES string of the molecule is O=CC1CCC12CCNCC2. The van der Waals surface area contributed by atoms with Gasteiger partial charge in [0.2, 0.25) is 0 Å². The molecule has 0 amide bonds. The van der Waals surface area contributed by atoms with E-state index >= 15 is 0 Å². The van der Waals surface area contributed by atoms with Gasteiger partial charge < -0.3 is 10.1 Å². The van der Waals surface area contributed by atoms with Crippen LogP contribution in [-0.4, -0.2) is 19.4 Å². The zero-order valence-corrected chi connectivity index (χ0v) is 6.81. The predicted octanol–water partition coefficient (Wildman–Crippen LogP) is 0.965. The molecule has 2 heteroatoms. The summed E-state index contributed by atoms with van der Waals surface area (Å²) in [5, 5.41) is 3.34. The summed E-state index contributed by atoms with van der Waals surface area (Å²) in [6.07, 6.45) is 6.04. The molecule has 1 aliphatic heterocycles. The lowest BCUT2D eigenvalue weighted by molar-refractivity contribution is -0.123. The quantitative estimate of drug-likeness (QED) is 0.569. The number of nitrogens with one attached hydrogen (secondary N) is 1. The van der Waals surface area contributed by atoms with E-state index in [0.717, 1.165) is 19.5 Å². The monoisotopic (exact) mass is 153 g/mol. The number of hydrogen-bond donors (Lipinski definition) is 1. The number of carbonyl (C=O) groups is 1. The molecule has 0 bridgehead atoms. The summed E-state index contributed by atoms with van der Waals surface area (Å²) in [6.45, 7) is 2.23. The topological polar surface area (TPSA) is 29.1 Å². The number of piperidine rings is 1. The lowest BCUT2D eigenvalue weighted by Gasteiger charge is -2.49. The molecule has 0 radical (unpaired) electrons. The fourth-order valence-electron chi connectivity index (χ4n) is 2.48. The van der Waals surface area contributed by atoms with E-state index in [0.29, 0.717) is 11.3 Å². The van der Waals surface area contributed by atoms with Crippen molar-refractivity contribution >= 4 is 6.29 Å². The normalized spacial score (nSPS) is 34.7. The van der Waals surface area contributed by atoms with Crippen LogP contribution in [0.1, 0.15) is 25.7 Å². The highest BCUT2D eigenvalue weighted by molar-refractivity contribution is 5.57.